The monoisotopic (exact) mass is 437 g/mol. The fourth-order valence-corrected chi connectivity index (χ4v) is 6.25. The standard InChI is InChI=1S/C20H24ClN3O4S/c1-14-18(15(2)28-22-14)29(26,27)24-11-9-23(10-12-24)19(25)20(7-4-8-20)16-5-3-6-17(21)13-16/h3,5-6,13H,4,7-12H2,1-2H3. The van der Waals surface area contributed by atoms with Gasteiger partial charge in [0.25, 0.3) is 0 Å². The predicted octanol–water partition coefficient (Wildman–Crippen LogP) is 2.90. The van der Waals surface area contributed by atoms with Crippen molar-refractivity contribution in [3.63, 3.8) is 0 Å². The van der Waals surface area contributed by atoms with Crippen molar-refractivity contribution in [3.05, 3.63) is 46.3 Å². The van der Waals surface area contributed by atoms with Crippen LogP contribution in [0.25, 0.3) is 0 Å². The van der Waals surface area contributed by atoms with Crippen molar-refractivity contribution in [3.8, 4) is 0 Å². The maximum atomic E-state index is 13.4. The minimum Gasteiger partial charge on any atom is -0.360 e. The lowest BCUT2D eigenvalue weighted by Crippen LogP contribution is -2.57. The lowest BCUT2D eigenvalue weighted by molar-refractivity contribution is -0.142. The lowest BCUT2D eigenvalue weighted by Gasteiger charge is -2.46. The van der Waals surface area contributed by atoms with E-state index in [2.05, 4.69) is 5.16 Å². The first-order chi connectivity index (χ1) is 13.8. The Morgan fingerprint density at radius 2 is 1.86 bits per heavy atom. The van der Waals surface area contributed by atoms with Crippen molar-refractivity contribution < 1.29 is 17.7 Å². The summed E-state index contributed by atoms with van der Waals surface area (Å²) in [4.78, 5) is 15.3. The number of benzene rings is 1. The van der Waals surface area contributed by atoms with Crippen molar-refractivity contribution in [2.75, 3.05) is 26.2 Å². The van der Waals surface area contributed by atoms with Gasteiger partial charge in [-0.05, 0) is 44.4 Å². The Hall–Kier alpha value is -1.90. The molecule has 1 aromatic carbocycles. The Balaban J connectivity index is 1.50. The molecule has 0 bridgehead atoms. The second kappa shape index (κ2) is 7.41. The van der Waals surface area contributed by atoms with Gasteiger partial charge in [0.15, 0.2) is 5.76 Å². The van der Waals surface area contributed by atoms with E-state index in [1.165, 1.54) is 4.31 Å². The highest BCUT2D eigenvalue weighted by molar-refractivity contribution is 7.89. The number of hydrogen-bond acceptors (Lipinski definition) is 5. The highest BCUT2D eigenvalue weighted by Crippen LogP contribution is 2.46. The maximum absolute atomic E-state index is 13.4. The molecular weight excluding hydrogens is 414 g/mol. The number of nitrogens with zero attached hydrogens (tertiary/aromatic N) is 3. The van der Waals surface area contributed by atoms with E-state index in [0.29, 0.717) is 23.8 Å². The zero-order valence-corrected chi connectivity index (χ0v) is 18.1. The molecule has 2 heterocycles. The molecule has 9 heteroatoms. The fraction of sp³-hybridized carbons (Fsp3) is 0.500. The maximum Gasteiger partial charge on any atom is 0.248 e. The van der Waals surface area contributed by atoms with Crippen LogP contribution in [0, 0.1) is 13.8 Å². The molecule has 156 valence electrons. The number of halogens is 1. The summed E-state index contributed by atoms with van der Waals surface area (Å²) in [5, 5.41) is 4.38. The van der Waals surface area contributed by atoms with E-state index in [4.69, 9.17) is 16.1 Å². The second-order valence-electron chi connectivity index (χ2n) is 7.80. The molecule has 1 saturated carbocycles. The van der Waals surface area contributed by atoms with E-state index in [1.54, 1.807) is 24.8 Å². The number of carbonyl (C=O) groups excluding carboxylic acids is 1. The molecule has 4 rings (SSSR count). The number of carbonyl (C=O) groups is 1. The number of amides is 1. The normalized spacial score (nSPS) is 19.8. The van der Waals surface area contributed by atoms with Crippen LogP contribution < -0.4 is 0 Å². The highest BCUT2D eigenvalue weighted by atomic mass is 35.5. The van der Waals surface area contributed by atoms with Crippen molar-refractivity contribution in [2.24, 2.45) is 0 Å². The average Bonchev–Trinajstić information content (AvgIpc) is 3.00. The molecule has 0 radical (unpaired) electrons. The summed E-state index contributed by atoms with van der Waals surface area (Å²) in [5.41, 5.74) is 0.774. The molecule has 1 aromatic heterocycles. The number of aryl methyl sites for hydroxylation is 2. The quantitative estimate of drug-likeness (QED) is 0.734. The van der Waals surface area contributed by atoms with Crippen LogP contribution in [0.15, 0.2) is 33.7 Å². The molecule has 0 spiro atoms. The van der Waals surface area contributed by atoms with Gasteiger partial charge in [0, 0.05) is 31.2 Å². The molecule has 2 aromatic rings. The van der Waals surface area contributed by atoms with Crippen LogP contribution in [0.4, 0.5) is 0 Å². The van der Waals surface area contributed by atoms with Gasteiger partial charge in [0.2, 0.25) is 15.9 Å². The van der Waals surface area contributed by atoms with Gasteiger partial charge in [-0.3, -0.25) is 4.79 Å². The first kappa shape index (κ1) is 20.4. The van der Waals surface area contributed by atoms with Gasteiger partial charge in [-0.15, -0.1) is 0 Å². The molecule has 2 fully saturated rings. The van der Waals surface area contributed by atoms with Crippen molar-refractivity contribution in [2.45, 2.75) is 43.4 Å². The number of rotatable bonds is 4. The minimum atomic E-state index is -3.69. The summed E-state index contributed by atoms with van der Waals surface area (Å²) in [7, 11) is -3.69. The lowest BCUT2D eigenvalue weighted by atomic mass is 9.63. The van der Waals surface area contributed by atoms with E-state index >= 15 is 0 Å². The third kappa shape index (κ3) is 3.37. The first-order valence-electron chi connectivity index (χ1n) is 9.74. The highest BCUT2D eigenvalue weighted by Gasteiger charge is 2.48. The van der Waals surface area contributed by atoms with Crippen LogP contribution >= 0.6 is 11.6 Å². The number of hydrogen-bond donors (Lipinski definition) is 0. The fourth-order valence-electron chi connectivity index (χ4n) is 4.35. The number of sulfonamides is 1. The predicted molar refractivity (Wildman–Crippen MR) is 108 cm³/mol. The minimum absolute atomic E-state index is 0.0698. The Bertz CT molecular complexity index is 1020. The molecule has 1 amide bonds. The summed E-state index contributed by atoms with van der Waals surface area (Å²) >= 11 is 6.16. The van der Waals surface area contributed by atoms with Gasteiger partial charge in [0.05, 0.1) is 5.41 Å². The number of piperazine rings is 1. The largest absolute Gasteiger partial charge is 0.360 e. The van der Waals surface area contributed by atoms with Crippen LogP contribution in [0.5, 0.6) is 0 Å². The Morgan fingerprint density at radius 3 is 2.38 bits per heavy atom. The molecular formula is C20H24ClN3O4S. The SMILES string of the molecule is Cc1noc(C)c1S(=O)(=O)N1CCN(C(=O)C2(c3cccc(Cl)c3)CCC2)CC1. The zero-order valence-electron chi connectivity index (χ0n) is 16.5. The van der Waals surface area contributed by atoms with Crippen LogP contribution in [-0.4, -0.2) is 54.9 Å². The van der Waals surface area contributed by atoms with Crippen LogP contribution in [-0.2, 0) is 20.2 Å². The van der Waals surface area contributed by atoms with E-state index in [0.717, 1.165) is 24.8 Å². The summed E-state index contributed by atoms with van der Waals surface area (Å²) in [6.45, 7) is 4.45. The van der Waals surface area contributed by atoms with Gasteiger partial charge in [-0.25, -0.2) is 8.42 Å². The molecule has 7 nitrogen and oxygen atoms in total. The smallest absolute Gasteiger partial charge is 0.248 e. The number of aromatic nitrogens is 1. The second-order valence-corrected chi connectivity index (χ2v) is 10.1. The van der Waals surface area contributed by atoms with Gasteiger partial charge in [-0.1, -0.05) is 35.3 Å². The molecule has 29 heavy (non-hydrogen) atoms. The van der Waals surface area contributed by atoms with Gasteiger partial charge < -0.3 is 9.42 Å². The van der Waals surface area contributed by atoms with Gasteiger partial charge >= 0.3 is 0 Å². The summed E-state index contributed by atoms with van der Waals surface area (Å²) < 4.78 is 32.4. The van der Waals surface area contributed by atoms with E-state index in [-0.39, 0.29) is 29.7 Å². The molecule has 1 saturated heterocycles. The van der Waals surface area contributed by atoms with Gasteiger partial charge in [-0.2, -0.15) is 4.31 Å². The molecule has 1 aliphatic heterocycles. The van der Waals surface area contributed by atoms with E-state index in [1.807, 2.05) is 18.2 Å². The van der Waals surface area contributed by atoms with E-state index in [9.17, 15) is 13.2 Å². The zero-order chi connectivity index (χ0) is 20.8. The molecule has 0 atom stereocenters. The first-order valence-corrected chi connectivity index (χ1v) is 11.6. The molecule has 2 aliphatic rings. The van der Waals surface area contributed by atoms with E-state index < -0.39 is 15.4 Å². The Kier molecular flexibility index (Phi) is 5.21. The van der Waals surface area contributed by atoms with Crippen LogP contribution in [0.1, 0.15) is 36.3 Å². The molecule has 0 unspecified atom stereocenters. The van der Waals surface area contributed by atoms with Crippen molar-refractivity contribution >= 4 is 27.5 Å². The van der Waals surface area contributed by atoms with Crippen LogP contribution in [0.3, 0.4) is 0 Å². The Labute approximate surface area is 175 Å². The topological polar surface area (TPSA) is 83.7 Å². The summed E-state index contributed by atoms with van der Waals surface area (Å²) in [5.74, 6) is 0.357. The molecule has 0 N–H and O–H groups in total. The van der Waals surface area contributed by atoms with Crippen molar-refractivity contribution in [1.29, 1.82) is 0 Å². The average molecular weight is 438 g/mol. The summed E-state index contributed by atoms with van der Waals surface area (Å²) in [6, 6.07) is 7.51. The van der Waals surface area contributed by atoms with Crippen molar-refractivity contribution in [1.82, 2.24) is 14.4 Å². The Morgan fingerprint density at radius 1 is 1.17 bits per heavy atom. The van der Waals surface area contributed by atoms with Gasteiger partial charge in [0.1, 0.15) is 10.6 Å². The van der Waals surface area contributed by atoms with Crippen LogP contribution in [0.2, 0.25) is 5.02 Å². The third-order valence-electron chi connectivity index (χ3n) is 6.09. The summed E-state index contributed by atoms with van der Waals surface area (Å²) in [6.07, 6.45) is 2.59. The molecule has 1 aliphatic carbocycles. The third-order valence-corrected chi connectivity index (χ3v) is 8.46.